The molecule has 0 saturated carbocycles. The summed E-state index contributed by atoms with van der Waals surface area (Å²) in [6.45, 7) is 2.73. The summed E-state index contributed by atoms with van der Waals surface area (Å²) in [6.07, 6.45) is 7.45. The largest absolute Gasteiger partial charge is 0.477 e. The summed E-state index contributed by atoms with van der Waals surface area (Å²) in [5.74, 6) is 1.28. The molecule has 0 atom stereocenters. The maximum Gasteiger partial charge on any atom is 0.213 e. The molecule has 0 spiro atoms. The van der Waals surface area contributed by atoms with Gasteiger partial charge in [-0.15, -0.1) is 0 Å². The number of pyridine rings is 2. The van der Waals surface area contributed by atoms with Gasteiger partial charge in [0.1, 0.15) is 0 Å². The van der Waals surface area contributed by atoms with Crippen molar-refractivity contribution in [1.29, 1.82) is 0 Å². The van der Waals surface area contributed by atoms with E-state index in [0.717, 1.165) is 43.2 Å². The molecule has 1 aliphatic heterocycles. The van der Waals surface area contributed by atoms with Gasteiger partial charge in [0.25, 0.3) is 0 Å². The molecule has 0 aliphatic carbocycles. The summed E-state index contributed by atoms with van der Waals surface area (Å²) in [6, 6.07) is 7.71. The van der Waals surface area contributed by atoms with Crippen LogP contribution in [0.15, 0.2) is 42.9 Å². The van der Waals surface area contributed by atoms with E-state index in [2.05, 4.69) is 14.9 Å². The van der Waals surface area contributed by atoms with Crippen LogP contribution in [0, 0.1) is 5.92 Å². The molecule has 0 N–H and O–H groups in total. The van der Waals surface area contributed by atoms with Crippen LogP contribution < -0.4 is 9.64 Å². The van der Waals surface area contributed by atoms with Gasteiger partial charge < -0.3 is 9.64 Å². The fourth-order valence-corrected chi connectivity index (χ4v) is 2.84. The SMILES string of the molecule is Clc1cnccc1N1CCC(COc2ccccn2)CC1. The van der Waals surface area contributed by atoms with Crippen molar-refractivity contribution < 1.29 is 4.74 Å². The zero-order valence-corrected chi connectivity index (χ0v) is 12.5. The van der Waals surface area contributed by atoms with Crippen molar-refractivity contribution in [2.45, 2.75) is 12.8 Å². The Morgan fingerprint density at radius 1 is 1.19 bits per heavy atom. The van der Waals surface area contributed by atoms with E-state index >= 15 is 0 Å². The molecular formula is C16H18ClN3O. The molecule has 21 heavy (non-hydrogen) atoms. The first kappa shape index (κ1) is 14.1. The number of halogens is 1. The number of anilines is 1. The summed E-state index contributed by atoms with van der Waals surface area (Å²) < 4.78 is 5.74. The monoisotopic (exact) mass is 303 g/mol. The minimum atomic E-state index is 0.573. The maximum absolute atomic E-state index is 6.20. The van der Waals surface area contributed by atoms with E-state index in [1.54, 1.807) is 18.6 Å². The van der Waals surface area contributed by atoms with Crippen LogP contribution >= 0.6 is 11.6 Å². The van der Waals surface area contributed by atoms with E-state index in [1.807, 2.05) is 24.3 Å². The molecule has 1 saturated heterocycles. The molecule has 5 heteroatoms. The van der Waals surface area contributed by atoms with Gasteiger partial charge in [0, 0.05) is 37.7 Å². The molecule has 0 unspecified atom stereocenters. The number of rotatable bonds is 4. The Morgan fingerprint density at radius 3 is 2.76 bits per heavy atom. The van der Waals surface area contributed by atoms with Crippen molar-refractivity contribution >= 4 is 17.3 Å². The molecule has 0 bridgehead atoms. The van der Waals surface area contributed by atoms with E-state index < -0.39 is 0 Å². The Morgan fingerprint density at radius 2 is 2.05 bits per heavy atom. The second-order valence-electron chi connectivity index (χ2n) is 5.24. The first-order valence-electron chi connectivity index (χ1n) is 7.21. The summed E-state index contributed by atoms with van der Waals surface area (Å²) in [5.41, 5.74) is 1.08. The number of ether oxygens (including phenoxy) is 1. The minimum Gasteiger partial charge on any atom is -0.477 e. The van der Waals surface area contributed by atoms with E-state index in [0.29, 0.717) is 11.8 Å². The second-order valence-corrected chi connectivity index (χ2v) is 5.64. The van der Waals surface area contributed by atoms with Crippen molar-refractivity contribution in [3.8, 4) is 5.88 Å². The van der Waals surface area contributed by atoms with Crippen molar-refractivity contribution in [1.82, 2.24) is 9.97 Å². The topological polar surface area (TPSA) is 38.2 Å². The zero-order chi connectivity index (χ0) is 14.5. The first-order chi connectivity index (χ1) is 10.3. The molecule has 3 rings (SSSR count). The highest BCUT2D eigenvalue weighted by Gasteiger charge is 2.21. The van der Waals surface area contributed by atoms with Crippen LogP contribution in [0.2, 0.25) is 5.02 Å². The predicted octanol–water partition coefficient (Wildman–Crippen LogP) is 3.43. The fourth-order valence-electron chi connectivity index (χ4n) is 2.60. The van der Waals surface area contributed by atoms with Gasteiger partial charge >= 0.3 is 0 Å². The van der Waals surface area contributed by atoms with Gasteiger partial charge in [0.15, 0.2) is 0 Å². The third kappa shape index (κ3) is 3.64. The molecule has 0 radical (unpaired) electrons. The number of aromatic nitrogens is 2. The van der Waals surface area contributed by atoms with Gasteiger partial charge in [-0.2, -0.15) is 0 Å². The third-order valence-corrected chi connectivity index (χ3v) is 4.10. The normalized spacial score (nSPS) is 16.0. The van der Waals surface area contributed by atoms with Crippen LogP contribution in [0.4, 0.5) is 5.69 Å². The Hall–Kier alpha value is -1.81. The third-order valence-electron chi connectivity index (χ3n) is 3.81. The minimum absolute atomic E-state index is 0.573. The second kappa shape index (κ2) is 6.76. The van der Waals surface area contributed by atoms with Crippen molar-refractivity contribution in [3.05, 3.63) is 47.9 Å². The lowest BCUT2D eigenvalue weighted by Crippen LogP contribution is -2.35. The molecule has 2 aromatic heterocycles. The summed E-state index contributed by atoms with van der Waals surface area (Å²) in [7, 11) is 0. The van der Waals surface area contributed by atoms with E-state index in [9.17, 15) is 0 Å². The standard InChI is InChI=1S/C16H18ClN3O/c17-14-11-18-8-4-15(14)20-9-5-13(6-10-20)12-21-16-3-1-2-7-19-16/h1-4,7-8,11,13H,5-6,9-10,12H2. The highest BCUT2D eigenvalue weighted by Crippen LogP contribution is 2.28. The molecule has 0 amide bonds. The van der Waals surface area contributed by atoms with Crippen LogP contribution in [-0.4, -0.2) is 29.7 Å². The van der Waals surface area contributed by atoms with Crippen molar-refractivity contribution in [3.63, 3.8) is 0 Å². The molecule has 2 aromatic rings. The Bertz CT molecular complexity index is 571. The zero-order valence-electron chi connectivity index (χ0n) is 11.8. The average molecular weight is 304 g/mol. The summed E-state index contributed by atoms with van der Waals surface area (Å²) in [5, 5.41) is 0.723. The fraction of sp³-hybridized carbons (Fsp3) is 0.375. The number of nitrogens with zero attached hydrogens (tertiary/aromatic N) is 3. The Kier molecular flexibility index (Phi) is 4.55. The molecule has 110 valence electrons. The van der Waals surface area contributed by atoms with Crippen LogP contribution in [0.1, 0.15) is 12.8 Å². The van der Waals surface area contributed by atoms with Gasteiger partial charge in [-0.3, -0.25) is 4.98 Å². The van der Waals surface area contributed by atoms with E-state index in [-0.39, 0.29) is 0 Å². The Labute approximate surface area is 129 Å². The predicted molar refractivity (Wildman–Crippen MR) is 83.9 cm³/mol. The number of piperidine rings is 1. The summed E-state index contributed by atoms with van der Waals surface area (Å²) >= 11 is 6.20. The Balaban J connectivity index is 1.50. The first-order valence-corrected chi connectivity index (χ1v) is 7.59. The van der Waals surface area contributed by atoms with Gasteiger partial charge in [-0.25, -0.2) is 4.98 Å². The molecule has 3 heterocycles. The lowest BCUT2D eigenvalue weighted by molar-refractivity contribution is 0.216. The molecule has 4 nitrogen and oxygen atoms in total. The lowest BCUT2D eigenvalue weighted by Gasteiger charge is -2.33. The van der Waals surface area contributed by atoms with Gasteiger partial charge in [0.2, 0.25) is 5.88 Å². The molecule has 0 aromatic carbocycles. The van der Waals surface area contributed by atoms with Crippen LogP contribution in [0.3, 0.4) is 0 Å². The van der Waals surface area contributed by atoms with E-state index in [4.69, 9.17) is 16.3 Å². The molecule has 1 fully saturated rings. The quantitative estimate of drug-likeness (QED) is 0.867. The van der Waals surface area contributed by atoms with Gasteiger partial charge in [-0.05, 0) is 30.9 Å². The van der Waals surface area contributed by atoms with Gasteiger partial charge in [-0.1, -0.05) is 17.7 Å². The highest BCUT2D eigenvalue weighted by atomic mass is 35.5. The van der Waals surface area contributed by atoms with Crippen LogP contribution in [-0.2, 0) is 0 Å². The van der Waals surface area contributed by atoms with Gasteiger partial charge in [0.05, 0.1) is 17.3 Å². The average Bonchev–Trinajstić information content (AvgIpc) is 2.55. The highest BCUT2D eigenvalue weighted by molar-refractivity contribution is 6.33. The number of hydrogen-bond donors (Lipinski definition) is 0. The lowest BCUT2D eigenvalue weighted by atomic mass is 9.97. The molecule has 1 aliphatic rings. The van der Waals surface area contributed by atoms with Crippen LogP contribution in [0.25, 0.3) is 0 Å². The van der Waals surface area contributed by atoms with Crippen LogP contribution in [0.5, 0.6) is 5.88 Å². The molecular weight excluding hydrogens is 286 g/mol. The van der Waals surface area contributed by atoms with E-state index in [1.165, 1.54) is 0 Å². The smallest absolute Gasteiger partial charge is 0.213 e. The number of hydrogen-bond acceptors (Lipinski definition) is 4. The summed E-state index contributed by atoms with van der Waals surface area (Å²) in [4.78, 5) is 10.5. The van der Waals surface area contributed by atoms with Crippen molar-refractivity contribution in [2.75, 3.05) is 24.6 Å². The van der Waals surface area contributed by atoms with Crippen molar-refractivity contribution in [2.24, 2.45) is 5.92 Å². The maximum atomic E-state index is 6.20.